The van der Waals surface area contributed by atoms with Crippen molar-refractivity contribution in [3.8, 4) is 5.75 Å². The number of nitrogens with one attached hydrogen (secondary N) is 2. The molecule has 5 nitrogen and oxygen atoms in total. The number of amides is 3. The van der Waals surface area contributed by atoms with Crippen LogP contribution in [-0.4, -0.2) is 24.9 Å². The van der Waals surface area contributed by atoms with Gasteiger partial charge in [0.15, 0.2) is 11.6 Å². The number of hydrogen-bond acceptors (Lipinski definition) is 3. The average Bonchev–Trinajstić information content (AvgIpc) is 2.31. The molecule has 3 amide bonds. The minimum atomic E-state index is -0.709. The minimum absolute atomic E-state index is 0.000107. The zero-order chi connectivity index (χ0) is 13.5. The van der Waals surface area contributed by atoms with E-state index in [4.69, 9.17) is 16.3 Å². The molecule has 0 unspecified atom stereocenters. The van der Waals surface area contributed by atoms with Gasteiger partial charge in [-0.25, -0.2) is 9.18 Å². The number of carbonyl (C=O) groups is 2. The number of imide groups is 1. The zero-order valence-electron chi connectivity index (χ0n) is 9.63. The number of anilines is 1. The van der Waals surface area contributed by atoms with E-state index in [0.29, 0.717) is 5.69 Å². The van der Waals surface area contributed by atoms with Gasteiger partial charge in [0.1, 0.15) is 0 Å². The maximum atomic E-state index is 13.1. The molecule has 0 bridgehead atoms. The van der Waals surface area contributed by atoms with Crippen molar-refractivity contribution in [2.45, 2.75) is 6.42 Å². The van der Waals surface area contributed by atoms with Gasteiger partial charge in [-0.1, -0.05) is 0 Å². The van der Waals surface area contributed by atoms with Crippen molar-refractivity contribution >= 4 is 29.2 Å². The third-order valence-electron chi connectivity index (χ3n) is 1.98. The van der Waals surface area contributed by atoms with Crippen LogP contribution in [0.4, 0.5) is 14.9 Å². The van der Waals surface area contributed by atoms with E-state index in [2.05, 4.69) is 10.6 Å². The highest BCUT2D eigenvalue weighted by Gasteiger charge is 2.09. The van der Waals surface area contributed by atoms with E-state index in [0.717, 1.165) is 6.07 Å². The molecule has 1 aromatic rings. The summed E-state index contributed by atoms with van der Waals surface area (Å²) >= 11 is 5.35. The second-order valence-corrected chi connectivity index (χ2v) is 3.67. The second-order valence-electron chi connectivity index (χ2n) is 3.29. The Hall–Kier alpha value is -1.82. The van der Waals surface area contributed by atoms with Gasteiger partial charge < -0.3 is 10.1 Å². The van der Waals surface area contributed by atoms with Crippen molar-refractivity contribution in [3.63, 3.8) is 0 Å². The minimum Gasteiger partial charge on any atom is -0.494 e. The first-order valence-corrected chi connectivity index (χ1v) is 5.60. The molecule has 0 saturated heterocycles. The standard InChI is InChI=1S/C11H12ClFN2O3/c1-18-9-6-7(2-3-8(9)13)14-11(17)15-10(16)4-5-12/h2-3,6H,4-5H2,1H3,(H2,14,15,16,17). The smallest absolute Gasteiger partial charge is 0.325 e. The maximum Gasteiger partial charge on any atom is 0.325 e. The number of methoxy groups -OCH3 is 1. The van der Waals surface area contributed by atoms with E-state index >= 15 is 0 Å². The van der Waals surface area contributed by atoms with Gasteiger partial charge in [0.05, 0.1) is 7.11 Å². The molecule has 0 radical (unpaired) electrons. The Morgan fingerprint density at radius 1 is 1.44 bits per heavy atom. The molecule has 1 rings (SSSR count). The summed E-state index contributed by atoms with van der Waals surface area (Å²) in [5, 5.41) is 4.45. The van der Waals surface area contributed by atoms with Crippen molar-refractivity contribution in [1.29, 1.82) is 0 Å². The third kappa shape index (κ3) is 4.21. The molecule has 0 spiro atoms. The molecule has 0 aromatic heterocycles. The molecule has 0 fully saturated rings. The van der Waals surface area contributed by atoms with Gasteiger partial charge in [-0.2, -0.15) is 0 Å². The fourth-order valence-corrected chi connectivity index (χ4v) is 1.35. The topological polar surface area (TPSA) is 67.4 Å². The molecule has 7 heteroatoms. The van der Waals surface area contributed by atoms with Crippen LogP contribution in [0.25, 0.3) is 0 Å². The van der Waals surface area contributed by atoms with Gasteiger partial charge in [0, 0.05) is 24.1 Å². The Kier molecular flexibility index (Phi) is 5.38. The lowest BCUT2D eigenvalue weighted by Crippen LogP contribution is -2.34. The number of hydrogen-bond donors (Lipinski definition) is 2. The quantitative estimate of drug-likeness (QED) is 0.827. The predicted octanol–water partition coefficient (Wildman–Crippen LogP) is 2.11. The molecule has 0 heterocycles. The number of urea groups is 1. The van der Waals surface area contributed by atoms with Crippen LogP contribution in [-0.2, 0) is 4.79 Å². The fraction of sp³-hybridized carbons (Fsp3) is 0.273. The number of carbonyl (C=O) groups excluding carboxylic acids is 2. The molecule has 18 heavy (non-hydrogen) atoms. The SMILES string of the molecule is COc1cc(NC(=O)NC(=O)CCCl)ccc1F. The first kappa shape index (κ1) is 14.2. The number of ether oxygens (including phenoxy) is 1. The Morgan fingerprint density at radius 3 is 2.78 bits per heavy atom. The van der Waals surface area contributed by atoms with Crippen molar-refractivity contribution < 1.29 is 18.7 Å². The summed E-state index contributed by atoms with van der Waals surface area (Å²) < 4.78 is 17.9. The number of alkyl halides is 1. The molecule has 0 saturated carbocycles. The lowest BCUT2D eigenvalue weighted by molar-refractivity contribution is -0.119. The molecule has 98 valence electrons. The molecule has 0 aliphatic rings. The van der Waals surface area contributed by atoms with Crippen LogP contribution >= 0.6 is 11.6 Å². The molecule has 2 N–H and O–H groups in total. The highest BCUT2D eigenvalue weighted by molar-refractivity contribution is 6.19. The molecular formula is C11H12ClFN2O3. The summed E-state index contributed by atoms with van der Waals surface area (Å²) in [4.78, 5) is 22.4. The first-order chi connectivity index (χ1) is 8.56. The van der Waals surface area contributed by atoms with E-state index in [1.807, 2.05) is 0 Å². The molecule has 0 aliphatic heterocycles. The highest BCUT2D eigenvalue weighted by atomic mass is 35.5. The van der Waals surface area contributed by atoms with Crippen molar-refractivity contribution in [3.05, 3.63) is 24.0 Å². The van der Waals surface area contributed by atoms with Crippen LogP contribution in [0.15, 0.2) is 18.2 Å². The highest BCUT2D eigenvalue weighted by Crippen LogP contribution is 2.21. The lowest BCUT2D eigenvalue weighted by Gasteiger charge is -2.08. The number of halogens is 2. The van der Waals surface area contributed by atoms with Gasteiger partial charge in [0.25, 0.3) is 0 Å². The number of rotatable bonds is 4. The summed E-state index contributed by atoms with van der Waals surface area (Å²) in [5.74, 6) is -0.901. The van der Waals surface area contributed by atoms with E-state index in [9.17, 15) is 14.0 Å². The van der Waals surface area contributed by atoms with Crippen LogP contribution in [0.2, 0.25) is 0 Å². The van der Waals surface area contributed by atoms with Gasteiger partial charge in [0.2, 0.25) is 5.91 Å². The average molecular weight is 275 g/mol. The van der Waals surface area contributed by atoms with Crippen molar-refractivity contribution in [2.24, 2.45) is 0 Å². The van der Waals surface area contributed by atoms with E-state index in [-0.39, 0.29) is 18.1 Å². The summed E-state index contributed by atoms with van der Waals surface area (Å²) in [6.45, 7) is 0. The molecular weight excluding hydrogens is 263 g/mol. The Balaban J connectivity index is 2.62. The molecule has 0 atom stereocenters. The van der Waals surface area contributed by atoms with Crippen LogP contribution in [0.1, 0.15) is 6.42 Å². The van der Waals surface area contributed by atoms with Crippen molar-refractivity contribution in [1.82, 2.24) is 5.32 Å². The Bertz CT molecular complexity index is 454. The molecule has 1 aromatic carbocycles. The van der Waals surface area contributed by atoms with E-state index in [1.54, 1.807) is 0 Å². The normalized spacial score (nSPS) is 9.72. The molecule has 0 aliphatic carbocycles. The monoisotopic (exact) mass is 274 g/mol. The zero-order valence-corrected chi connectivity index (χ0v) is 10.4. The van der Waals surface area contributed by atoms with Gasteiger partial charge >= 0.3 is 6.03 Å². The second kappa shape index (κ2) is 6.80. The number of benzene rings is 1. The third-order valence-corrected chi connectivity index (χ3v) is 2.17. The van der Waals surface area contributed by atoms with Crippen LogP contribution in [0.3, 0.4) is 0 Å². The largest absolute Gasteiger partial charge is 0.494 e. The van der Waals surface area contributed by atoms with E-state index < -0.39 is 17.8 Å². The summed E-state index contributed by atoms with van der Waals surface area (Å²) in [6.07, 6.45) is 0.0434. The lowest BCUT2D eigenvalue weighted by atomic mass is 10.3. The maximum absolute atomic E-state index is 13.1. The Labute approximate surface area is 108 Å². The summed E-state index contributed by atoms with van der Waals surface area (Å²) in [5.41, 5.74) is 0.310. The predicted molar refractivity (Wildman–Crippen MR) is 65.5 cm³/mol. The first-order valence-electron chi connectivity index (χ1n) is 5.07. The fourth-order valence-electron chi connectivity index (χ4n) is 1.17. The van der Waals surface area contributed by atoms with Gasteiger partial charge in [-0.05, 0) is 12.1 Å². The van der Waals surface area contributed by atoms with Gasteiger partial charge in [-0.15, -0.1) is 11.6 Å². The summed E-state index contributed by atoms with van der Waals surface area (Å²) in [6, 6.07) is 3.10. The van der Waals surface area contributed by atoms with Gasteiger partial charge in [-0.3, -0.25) is 10.1 Å². The summed E-state index contributed by atoms with van der Waals surface area (Å²) in [7, 11) is 1.31. The van der Waals surface area contributed by atoms with Crippen LogP contribution in [0.5, 0.6) is 5.75 Å². The van der Waals surface area contributed by atoms with Crippen LogP contribution < -0.4 is 15.4 Å². The Morgan fingerprint density at radius 2 is 2.17 bits per heavy atom. The van der Waals surface area contributed by atoms with Crippen LogP contribution in [0, 0.1) is 5.82 Å². The van der Waals surface area contributed by atoms with Crippen molar-refractivity contribution in [2.75, 3.05) is 18.3 Å². The van der Waals surface area contributed by atoms with E-state index in [1.165, 1.54) is 19.2 Å².